The van der Waals surface area contributed by atoms with E-state index >= 15 is 0 Å². The van der Waals surface area contributed by atoms with Gasteiger partial charge in [0.25, 0.3) is 0 Å². The summed E-state index contributed by atoms with van der Waals surface area (Å²) in [6.07, 6.45) is 0. The van der Waals surface area contributed by atoms with Crippen molar-refractivity contribution in [1.82, 2.24) is 0 Å². The monoisotopic (exact) mass is 286 g/mol. The smallest absolute Gasteiger partial charge is 0.221 e. The molecule has 0 bridgehead atoms. The summed E-state index contributed by atoms with van der Waals surface area (Å²) in [4.78, 5) is 11.1. The second-order valence-electron chi connectivity index (χ2n) is 4.22. The zero-order valence-electron chi connectivity index (χ0n) is 9.47. The molecule has 0 aliphatic rings. The minimum Gasteiger partial charge on any atom is -0.506 e. The summed E-state index contributed by atoms with van der Waals surface area (Å²) < 4.78 is 0.751. The number of rotatable bonds is 2. The molecule has 0 spiro atoms. The molecule has 1 rings (SSSR count). The molecule has 5 heteroatoms. The van der Waals surface area contributed by atoms with Crippen LogP contribution in [0, 0.1) is 0 Å². The van der Waals surface area contributed by atoms with Gasteiger partial charge < -0.3 is 16.2 Å². The minimum absolute atomic E-state index is 0.00641. The molecule has 1 amide bonds. The number of amides is 1. The highest BCUT2D eigenvalue weighted by atomic mass is 79.9. The Hall–Kier alpha value is -1.07. The van der Waals surface area contributed by atoms with Crippen molar-refractivity contribution in [1.29, 1.82) is 0 Å². The van der Waals surface area contributed by atoms with E-state index in [0.717, 1.165) is 4.47 Å². The number of hydrogen-bond acceptors (Lipinski definition) is 3. The van der Waals surface area contributed by atoms with Crippen molar-refractivity contribution < 1.29 is 9.90 Å². The molecule has 0 saturated carbocycles. The molecule has 0 saturated heterocycles. The van der Waals surface area contributed by atoms with Gasteiger partial charge in [-0.25, -0.2) is 0 Å². The van der Waals surface area contributed by atoms with Gasteiger partial charge in [-0.15, -0.1) is 0 Å². The molecule has 16 heavy (non-hydrogen) atoms. The van der Waals surface area contributed by atoms with Crippen molar-refractivity contribution in [2.45, 2.75) is 26.3 Å². The van der Waals surface area contributed by atoms with Crippen LogP contribution < -0.4 is 11.1 Å². The Morgan fingerprint density at radius 3 is 2.50 bits per heavy atom. The van der Waals surface area contributed by atoms with E-state index in [1.165, 1.54) is 13.0 Å². The van der Waals surface area contributed by atoms with Crippen LogP contribution >= 0.6 is 15.9 Å². The SMILES string of the molecule is CC(=O)Nc1c(O)ccc(Br)c1C(C)(C)N. The Morgan fingerprint density at radius 2 is 2.06 bits per heavy atom. The van der Waals surface area contributed by atoms with Gasteiger partial charge in [-0.3, -0.25) is 4.79 Å². The van der Waals surface area contributed by atoms with E-state index < -0.39 is 5.54 Å². The third kappa shape index (κ3) is 2.74. The number of hydrogen-bond donors (Lipinski definition) is 3. The predicted molar refractivity (Wildman–Crippen MR) is 67.3 cm³/mol. The first-order valence-corrected chi connectivity index (χ1v) is 5.61. The molecule has 88 valence electrons. The fourth-order valence-corrected chi connectivity index (χ4v) is 2.34. The maximum absolute atomic E-state index is 11.1. The van der Waals surface area contributed by atoms with Crippen LogP contribution in [0.1, 0.15) is 26.3 Å². The van der Waals surface area contributed by atoms with E-state index in [4.69, 9.17) is 5.73 Å². The van der Waals surface area contributed by atoms with Crippen molar-refractivity contribution in [2.24, 2.45) is 5.73 Å². The van der Waals surface area contributed by atoms with Crippen LogP contribution in [0.3, 0.4) is 0 Å². The summed E-state index contributed by atoms with van der Waals surface area (Å²) in [7, 11) is 0. The van der Waals surface area contributed by atoms with Crippen molar-refractivity contribution in [3.05, 3.63) is 22.2 Å². The van der Waals surface area contributed by atoms with Crippen LogP contribution in [0.2, 0.25) is 0 Å². The third-order valence-electron chi connectivity index (χ3n) is 2.08. The topological polar surface area (TPSA) is 75.3 Å². The highest BCUT2D eigenvalue weighted by Gasteiger charge is 2.24. The summed E-state index contributed by atoms with van der Waals surface area (Å²) in [5, 5.41) is 12.3. The first-order chi connectivity index (χ1) is 7.23. The standard InChI is InChI=1S/C11H15BrN2O2/c1-6(15)14-10-8(16)5-4-7(12)9(10)11(2,3)13/h4-5,16H,13H2,1-3H3,(H,14,15). The third-order valence-corrected chi connectivity index (χ3v) is 2.74. The van der Waals surface area contributed by atoms with Gasteiger partial charge in [-0.1, -0.05) is 15.9 Å². The average molecular weight is 287 g/mol. The molecule has 1 aromatic rings. The van der Waals surface area contributed by atoms with E-state index in [1.54, 1.807) is 19.9 Å². The van der Waals surface area contributed by atoms with Crippen molar-refractivity contribution in [3.63, 3.8) is 0 Å². The second kappa shape index (κ2) is 4.43. The Bertz CT molecular complexity index is 425. The number of carbonyl (C=O) groups excluding carboxylic acids is 1. The zero-order valence-corrected chi connectivity index (χ0v) is 11.1. The molecule has 0 unspecified atom stereocenters. The van der Waals surface area contributed by atoms with Crippen LogP contribution in [0.15, 0.2) is 16.6 Å². The average Bonchev–Trinajstić information content (AvgIpc) is 2.08. The fraction of sp³-hybridized carbons (Fsp3) is 0.364. The van der Waals surface area contributed by atoms with Crippen LogP contribution in [-0.4, -0.2) is 11.0 Å². The molecule has 4 nitrogen and oxygen atoms in total. The first kappa shape index (κ1) is 13.0. The van der Waals surface area contributed by atoms with Crippen molar-refractivity contribution in [2.75, 3.05) is 5.32 Å². The first-order valence-electron chi connectivity index (χ1n) is 4.82. The maximum Gasteiger partial charge on any atom is 0.221 e. The summed E-state index contributed by atoms with van der Waals surface area (Å²) >= 11 is 3.36. The zero-order chi connectivity index (χ0) is 12.5. The van der Waals surface area contributed by atoms with Crippen LogP contribution in [-0.2, 0) is 10.3 Å². The molecule has 4 N–H and O–H groups in total. The Labute approximate surface area is 103 Å². The number of phenols is 1. The highest BCUT2D eigenvalue weighted by Crippen LogP contribution is 2.38. The van der Waals surface area contributed by atoms with Gasteiger partial charge in [0.1, 0.15) is 5.75 Å². The summed E-state index contributed by atoms with van der Waals surface area (Å²) in [6.45, 7) is 4.99. The van der Waals surface area contributed by atoms with Gasteiger partial charge in [0.05, 0.1) is 5.69 Å². The lowest BCUT2D eigenvalue weighted by atomic mass is 9.93. The number of halogens is 1. The summed E-state index contributed by atoms with van der Waals surface area (Å²) in [5.41, 5.74) is 6.36. The molecular formula is C11H15BrN2O2. The fourth-order valence-electron chi connectivity index (χ4n) is 1.50. The van der Waals surface area contributed by atoms with Gasteiger partial charge in [-0.2, -0.15) is 0 Å². The largest absolute Gasteiger partial charge is 0.506 e. The van der Waals surface area contributed by atoms with E-state index in [9.17, 15) is 9.90 Å². The lowest BCUT2D eigenvalue weighted by Gasteiger charge is -2.25. The number of anilines is 1. The minimum atomic E-state index is -0.671. The lowest BCUT2D eigenvalue weighted by molar-refractivity contribution is -0.114. The Kier molecular flexibility index (Phi) is 3.60. The number of nitrogens with two attached hydrogens (primary N) is 1. The highest BCUT2D eigenvalue weighted by molar-refractivity contribution is 9.10. The normalized spacial score (nSPS) is 11.3. The van der Waals surface area contributed by atoms with Crippen LogP contribution in [0.25, 0.3) is 0 Å². The Balaban J connectivity index is 3.43. The maximum atomic E-state index is 11.1. The van der Waals surface area contributed by atoms with Gasteiger partial charge in [0.15, 0.2) is 0 Å². The quantitative estimate of drug-likeness (QED) is 0.731. The van der Waals surface area contributed by atoms with Gasteiger partial charge in [-0.05, 0) is 26.0 Å². The molecule has 0 radical (unpaired) electrons. The summed E-state index contributed by atoms with van der Waals surface area (Å²) in [6, 6.07) is 3.20. The number of benzene rings is 1. The molecule has 0 atom stereocenters. The van der Waals surface area contributed by atoms with Crippen molar-refractivity contribution in [3.8, 4) is 5.75 Å². The second-order valence-corrected chi connectivity index (χ2v) is 5.07. The number of nitrogens with one attached hydrogen (secondary N) is 1. The van der Waals surface area contributed by atoms with E-state index in [2.05, 4.69) is 21.2 Å². The van der Waals surface area contributed by atoms with Gasteiger partial charge >= 0.3 is 0 Å². The molecular weight excluding hydrogens is 272 g/mol. The molecule has 0 fully saturated rings. The van der Waals surface area contributed by atoms with E-state index in [1.807, 2.05) is 0 Å². The lowest BCUT2D eigenvalue weighted by Crippen LogP contribution is -2.30. The predicted octanol–water partition coefficient (Wildman–Crippen LogP) is 2.31. The summed E-state index contributed by atoms with van der Waals surface area (Å²) in [5.74, 6) is -0.245. The number of phenolic OH excluding ortho intramolecular Hbond substituents is 1. The van der Waals surface area contributed by atoms with Crippen LogP contribution in [0.5, 0.6) is 5.75 Å². The van der Waals surface area contributed by atoms with E-state index in [0.29, 0.717) is 11.3 Å². The Morgan fingerprint density at radius 1 is 1.50 bits per heavy atom. The van der Waals surface area contributed by atoms with Crippen LogP contribution in [0.4, 0.5) is 5.69 Å². The van der Waals surface area contributed by atoms with Gasteiger partial charge in [0, 0.05) is 22.5 Å². The molecule has 0 aliphatic carbocycles. The number of aromatic hydroxyl groups is 1. The molecule has 1 aromatic carbocycles. The van der Waals surface area contributed by atoms with Crippen molar-refractivity contribution >= 4 is 27.5 Å². The molecule has 0 heterocycles. The number of carbonyl (C=O) groups is 1. The van der Waals surface area contributed by atoms with E-state index in [-0.39, 0.29) is 11.7 Å². The molecule has 0 aromatic heterocycles. The molecule has 0 aliphatic heterocycles. The van der Waals surface area contributed by atoms with Gasteiger partial charge in [0.2, 0.25) is 5.91 Å².